The first-order chi connectivity index (χ1) is 13.7. The zero-order chi connectivity index (χ0) is 19.8. The molecule has 1 N–H and O–H groups in total. The van der Waals surface area contributed by atoms with Crippen LogP contribution in [0.3, 0.4) is 0 Å². The summed E-state index contributed by atoms with van der Waals surface area (Å²) in [6.45, 7) is 4.42. The quantitative estimate of drug-likeness (QED) is 0.411. The third-order valence-electron chi connectivity index (χ3n) is 4.07. The standard InChI is InChI=1S/C21H21ClN4OS/c1-2-14-26-19(13-12-16-8-4-3-5-9-16)24-25-21(26)28-15-20(27)23-18-11-7-6-10-17(18)22/h2-11H,1,12-15H2,(H,23,27). The number of carbonyl (C=O) groups excluding carboxylic acids is 1. The summed E-state index contributed by atoms with van der Waals surface area (Å²) in [6.07, 6.45) is 3.47. The van der Waals surface area contributed by atoms with Gasteiger partial charge in [0, 0.05) is 13.0 Å². The lowest BCUT2D eigenvalue weighted by Crippen LogP contribution is -2.15. The van der Waals surface area contributed by atoms with Crippen molar-refractivity contribution in [1.82, 2.24) is 14.8 Å². The van der Waals surface area contributed by atoms with Crippen molar-refractivity contribution in [2.75, 3.05) is 11.1 Å². The number of aromatic nitrogens is 3. The Hall–Kier alpha value is -2.57. The highest BCUT2D eigenvalue weighted by Gasteiger charge is 2.14. The number of para-hydroxylation sites is 1. The zero-order valence-electron chi connectivity index (χ0n) is 15.3. The van der Waals surface area contributed by atoms with Crippen LogP contribution in [-0.2, 0) is 24.2 Å². The summed E-state index contributed by atoms with van der Waals surface area (Å²) in [5, 5.41) is 12.6. The van der Waals surface area contributed by atoms with Crippen molar-refractivity contribution < 1.29 is 4.79 Å². The van der Waals surface area contributed by atoms with Crippen LogP contribution in [0.4, 0.5) is 5.69 Å². The molecule has 0 bridgehead atoms. The Morgan fingerprint density at radius 3 is 2.61 bits per heavy atom. The molecule has 0 saturated heterocycles. The van der Waals surface area contributed by atoms with E-state index in [0.717, 1.165) is 18.7 Å². The number of benzene rings is 2. The number of carbonyl (C=O) groups is 1. The minimum absolute atomic E-state index is 0.142. The highest BCUT2D eigenvalue weighted by Crippen LogP contribution is 2.22. The number of hydrogen-bond donors (Lipinski definition) is 1. The third kappa shape index (κ3) is 5.47. The lowest BCUT2D eigenvalue weighted by Gasteiger charge is -2.09. The molecule has 0 saturated carbocycles. The van der Waals surface area contributed by atoms with Crippen LogP contribution in [0.2, 0.25) is 5.02 Å². The number of nitrogens with zero attached hydrogens (tertiary/aromatic N) is 3. The van der Waals surface area contributed by atoms with Crippen molar-refractivity contribution in [2.24, 2.45) is 0 Å². The van der Waals surface area contributed by atoms with Crippen LogP contribution in [0.5, 0.6) is 0 Å². The van der Waals surface area contributed by atoms with Crippen molar-refractivity contribution in [3.8, 4) is 0 Å². The molecular formula is C21H21ClN4OS. The monoisotopic (exact) mass is 412 g/mol. The maximum atomic E-state index is 12.3. The molecule has 2 aromatic carbocycles. The molecule has 0 fully saturated rings. The first-order valence-corrected chi connectivity index (χ1v) is 10.3. The zero-order valence-corrected chi connectivity index (χ0v) is 16.9. The van der Waals surface area contributed by atoms with Gasteiger partial charge in [-0.2, -0.15) is 0 Å². The summed E-state index contributed by atoms with van der Waals surface area (Å²) in [6, 6.07) is 17.4. The molecular weight excluding hydrogens is 392 g/mol. The fourth-order valence-corrected chi connectivity index (χ4v) is 3.65. The van der Waals surface area contributed by atoms with E-state index in [2.05, 4.69) is 34.2 Å². The van der Waals surface area contributed by atoms with Crippen molar-refractivity contribution in [1.29, 1.82) is 0 Å². The normalized spacial score (nSPS) is 10.6. The van der Waals surface area contributed by atoms with E-state index in [1.54, 1.807) is 12.1 Å². The molecule has 3 rings (SSSR count). The predicted octanol–water partition coefficient (Wildman–Crippen LogP) is 4.63. The van der Waals surface area contributed by atoms with Crippen LogP contribution in [0, 0.1) is 0 Å². The first kappa shape index (κ1) is 20.2. The van der Waals surface area contributed by atoms with Gasteiger partial charge >= 0.3 is 0 Å². The Balaban J connectivity index is 1.61. The number of aryl methyl sites for hydroxylation is 2. The first-order valence-electron chi connectivity index (χ1n) is 8.91. The van der Waals surface area contributed by atoms with Gasteiger partial charge in [0.15, 0.2) is 5.16 Å². The number of halogens is 1. The molecule has 144 valence electrons. The molecule has 1 aromatic heterocycles. The number of nitrogens with one attached hydrogen (secondary N) is 1. The van der Waals surface area contributed by atoms with E-state index < -0.39 is 0 Å². The molecule has 1 heterocycles. The van der Waals surface area contributed by atoms with Gasteiger partial charge in [0.25, 0.3) is 0 Å². The van der Waals surface area contributed by atoms with E-state index >= 15 is 0 Å². The number of anilines is 1. The Labute approximate surface area is 173 Å². The van der Waals surface area contributed by atoms with Crippen LogP contribution in [-0.4, -0.2) is 26.4 Å². The Morgan fingerprint density at radius 1 is 1.11 bits per heavy atom. The maximum Gasteiger partial charge on any atom is 0.234 e. The van der Waals surface area contributed by atoms with Crippen LogP contribution in [0.1, 0.15) is 11.4 Å². The van der Waals surface area contributed by atoms with Gasteiger partial charge in [-0.1, -0.05) is 71.9 Å². The Bertz CT molecular complexity index is 943. The summed E-state index contributed by atoms with van der Waals surface area (Å²) in [4.78, 5) is 12.3. The minimum atomic E-state index is -0.142. The van der Waals surface area contributed by atoms with Gasteiger partial charge in [0.2, 0.25) is 5.91 Å². The Morgan fingerprint density at radius 2 is 1.86 bits per heavy atom. The highest BCUT2D eigenvalue weighted by molar-refractivity contribution is 7.99. The van der Waals surface area contributed by atoms with Gasteiger partial charge in [-0.3, -0.25) is 4.79 Å². The van der Waals surface area contributed by atoms with Gasteiger partial charge in [0.05, 0.1) is 16.5 Å². The van der Waals surface area contributed by atoms with Crippen LogP contribution >= 0.6 is 23.4 Å². The summed E-state index contributed by atoms with van der Waals surface area (Å²) in [5.74, 6) is 0.967. The largest absolute Gasteiger partial charge is 0.324 e. The summed E-state index contributed by atoms with van der Waals surface area (Å²) in [5.41, 5.74) is 1.86. The Kier molecular flexibility index (Phi) is 7.28. The molecule has 0 radical (unpaired) electrons. The van der Waals surface area contributed by atoms with E-state index in [1.807, 2.05) is 41.0 Å². The second-order valence-electron chi connectivity index (χ2n) is 6.10. The van der Waals surface area contributed by atoms with Crippen molar-refractivity contribution in [3.63, 3.8) is 0 Å². The second-order valence-corrected chi connectivity index (χ2v) is 7.45. The average Bonchev–Trinajstić information content (AvgIpc) is 3.09. The van der Waals surface area contributed by atoms with Crippen LogP contribution in [0.15, 0.2) is 72.4 Å². The molecule has 0 aliphatic heterocycles. The average molecular weight is 413 g/mol. The highest BCUT2D eigenvalue weighted by atomic mass is 35.5. The molecule has 28 heavy (non-hydrogen) atoms. The van der Waals surface area contributed by atoms with Gasteiger partial charge in [-0.15, -0.1) is 16.8 Å². The van der Waals surface area contributed by atoms with Gasteiger partial charge in [-0.25, -0.2) is 0 Å². The summed E-state index contributed by atoms with van der Waals surface area (Å²) < 4.78 is 2.00. The lowest BCUT2D eigenvalue weighted by atomic mass is 10.1. The summed E-state index contributed by atoms with van der Waals surface area (Å²) in [7, 11) is 0. The molecule has 3 aromatic rings. The predicted molar refractivity (Wildman–Crippen MR) is 115 cm³/mol. The fraction of sp³-hybridized carbons (Fsp3) is 0.190. The van der Waals surface area contributed by atoms with E-state index in [-0.39, 0.29) is 11.7 Å². The molecule has 7 heteroatoms. The number of amides is 1. The molecule has 0 aliphatic rings. The topological polar surface area (TPSA) is 59.8 Å². The third-order valence-corrected chi connectivity index (χ3v) is 5.36. The molecule has 0 unspecified atom stereocenters. The van der Waals surface area contributed by atoms with Crippen LogP contribution < -0.4 is 5.32 Å². The van der Waals surface area contributed by atoms with Gasteiger partial charge in [-0.05, 0) is 24.1 Å². The lowest BCUT2D eigenvalue weighted by molar-refractivity contribution is -0.113. The fourth-order valence-electron chi connectivity index (χ4n) is 2.70. The number of hydrogen-bond acceptors (Lipinski definition) is 4. The van der Waals surface area contributed by atoms with Crippen molar-refractivity contribution >= 4 is 35.0 Å². The molecule has 0 spiro atoms. The smallest absolute Gasteiger partial charge is 0.234 e. The van der Waals surface area contributed by atoms with Crippen molar-refractivity contribution in [3.05, 3.63) is 83.7 Å². The SMILES string of the molecule is C=CCn1c(CCc2ccccc2)nnc1SCC(=O)Nc1ccccc1Cl. The minimum Gasteiger partial charge on any atom is -0.324 e. The number of thioether (sulfide) groups is 1. The molecule has 5 nitrogen and oxygen atoms in total. The molecule has 0 aliphatic carbocycles. The number of allylic oxidation sites excluding steroid dienone is 1. The van der Waals surface area contributed by atoms with Crippen molar-refractivity contribution in [2.45, 2.75) is 24.5 Å². The molecule has 0 atom stereocenters. The summed E-state index contributed by atoms with van der Waals surface area (Å²) >= 11 is 7.43. The van der Waals surface area contributed by atoms with E-state index in [4.69, 9.17) is 11.6 Å². The van der Waals surface area contributed by atoms with E-state index in [9.17, 15) is 4.79 Å². The van der Waals surface area contributed by atoms with Gasteiger partial charge < -0.3 is 9.88 Å². The van der Waals surface area contributed by atoms with E-state index in [0.29, 0.717) is 22.4 Å². The van der Waals surface area contributed by atoms with Crippen LogP contribution in [0.25, 0.3) is 0 Å². The second kappa shape index (κ2) is 10.1. The molecule has 1 amide bonds. The van der Waals surface area contributed by atoms with Gasteiger partial charge in [0.1, 0.15) is 5.82 Å². The maximum absolute atomic E-state index is 12.3. The van der Waals surface area contributed by atoms with E-state index in [1.165, 1.54) is 17.3 Å². The number of rotatable bonds is 9.